The maximum atomic E-state index is 12.3. The zero-order valence-electron chi connectivity index (χ0n) is 13.6. The third-order valence-electron chi connectivity index (χ3n) is 3.61. The van der Waals surface area contributed by atoms with E-state index in [1.165, 1.54) is 12.3 Å². The Labute approximate surface area is 140 Å². The van der Waals surface area contributed by atoms with E-state index in [9.17, 15) is 9.59 Å². The second kappa shape index (κ2) is 6.96. The smallest absolute Gasteiger partial charge is 0.341 e. The first-order valence-electron chi connectivity index (χ1n) is 7.32. The van der Waals surface area contributed by atoms with Crippen molar-refractivity contribution in [1.29, 1.82) is 0 Å². The van der Waals surface area contributed by atoms with E-state index in [1.807, 2.05) is 19.9 Å². The minimum Gasteiger partial charge on any atom is -0.454 e. The summed E-state index contributed by atoms with van der Waals surface area (Å²) < 4.78 is 7.14. The molecule has 2 heterocycles. The second-order valence-electron chi connectivity index (χ2n) is 5.59. The van der Waals surface area contributed by atoms with Crippen molar-refractivity contribution < 1.29 is 14.3 Å². The van der Waals surface area contributed by atoms with E-state index in [2.05, 4.69) is 23.4 Å². The fourth-order valence-electron chi connectivity index (χ4n) is 2.68. The van der Waals surface area contributed by atoms with Gasteiger partial charge in [-0.15, -0.1) is 0 Å². The maximum Gasteiger partial charge on any atom is 0.341 e. The molecular formula is C17H19ClN2O3. The average Bonchev–Trinajstić information content (AvgIpc) is 2.80. The molecule has 0 bridgehead atoms. The number of ether oxygens (including phenoxy) is 1. The number of ketones is 1. The highest BCUT2D eigenvalue weighted by atomic mass is 35.5. The Balaban J connectivity index is 2.10. The largest absolute Gasteiger partial charge is 0.454 e. The minimum absolute atomic E-state index is 0.0583. The number of carbonyl (C=O) groups is 2. The van der Waals surface area contributed by atoms with Crippen LogP contribution in [0.5, 0.6) is 0 Å². The van der Waals surface area contributed by atoms with Gasteiger partial charge in [-0.25, -0.2) is 9.78 Å². The highest BCUT2D eigenvalue weighted by Crippen LogP contribution is 2.21. The van der Waals surface area contributed by atoms with Crippen LogP contribution in [-0.2, 0) is 4.74 Å². The number of pyridine rings is 1. The molecule has 23 heavy (non-hydrogen) atoms. The quantitative estimate of drug-likeness (QED) is 0.474. The molecule has 122 valence electrons. The van der Waals surface area contributed by atoms with Gasteiger partial charge in [-0.05, 0) is 45.9 Å². The number of aromatic nitrogens is 2. The van der Waals surface area contributed by atoms with Gasteiger partial charge in [-0.3, -0.25) is 4.79 Å². The van der Waals surface area contributed by atoms with Crippen LogP contribution in [0.1, 0.15) is 52.0 Å². The standard InChI is InChI=1S/C17H19ClN2O3/c1-10(2)20-11(3)8-14(12(20)4)15(21)9-23-17(22)13-6-5-7-19-16(13)18/h5-8,10H,9H2,1-4H3. The summed E-state index contributed by atoms with van der Waals surface area (Å²) in [7, 11) is 0. The number of nitrogens with zero attached hydrogens (tertiary/aromatic N) is 2. The third kappa shape index (κ3) is 3.62. The summed E-state index contributed by atoms with van der Waals surface area (Å²) in [6, 6.07) is 5.17. The van der Waals surface area contributed by atoms with E-state index >= 15 is 0 Å². The fourth-order valence-corrected chi connectivity index (χ4v) is 2.88. The summed E-state index contributed by atoms with van der Waals surface area (Å²) in [4.78, 5) is 28.1. The first-order valence-corrected chi connectivity index (χ1v) is 7.70. The molecule has 0 spiro atoms. The van der Waals surface area contributed by atoms with E-state index in [1.54, 1.807) is 6.07 Å². The molecule has 2 aromatic heterocycles. The molecule has 2 rings (SSSR count). The maximum absolute atomic E-state index is 12.3. The van der Waals surface area contributed by atoms with Gasteiger partial charge in [-0.1, -0.05) is 11.6 Å². The Hall–Kier alpha value is -2.14. The first kappa shape index (κ1) is 17.2. The number of esters is 1. The van der Waals surface area contributed by atoms with E-state index in [4.69, 9.17) is 16.3 Å². The molecule has 0 aliphatic rings. The highest BCUT2D eigenvalue weighted by Gasteiger charge is 2.19. The monoisotopic (exact) mass is 334 g/mol. The van der Waals surface area contributed by atoms with Crippen LogP contribution in [0.4, 0.5) is 0 Å². The van der Waals surface area contributed by atoms with Gasteiger partial charge in [0.05, 0.1) is 5.56 Å². The lowest BCUT2D eigenvalue weighted by Crippen LogP contribution is -2.15. The Kier molecular flexibility index (Phi) is 5.21. The molecule has 0 aliphatic carbocycles. The Morgan fingerprint density at radius 2 is 2.00 bits per heavy atom. The van der Waals surface area contributed by atoms with Crippen molar-refractivity contribution in [1.82, 2.24) is 9.55 Å². The summed E-state index contributed by atoms with van der Waals surface area (Å²) in [5, 5.41) is 0.0583. The molecule has 0 radical (unpaired) electrons. The summed E-state index contributed by atoms with van der Waals surface area (Å²) in [5.74, 6) is -0.896. The molecule has 0 fully saturated rings. The molecule has 0 aromatic carbocycles. The van der Waals surface area contributed by atoms with Crippen molar-refractivity contribution >= 4 is 23.4 Å². The molecule has 6 heteroatoms. The molecule has 5 nitrogen and oxygen atoms in total. The molecule has 0 N–H and O–H groups in total. The van der Waals surface area contributed by atoms with Crippen molar-refractivity contribution in [2.75, 3.05) is 6.61 Å². The zero-order chi connectivity index (χ0) is 17.1. The van der Waals surface area contributed by atoms with Crippen LogP contribution in [0, 0.1) is 13.8 Å². The molecule has 2 aromatic rings. The van der Waals surface area contributed by atoms with Gasteiger partial charge in [-0.2, -0.15) is 0 Å². The van der Waals surface area contributed by atoms with Crippen LogP contribution in [0.2, 0.25) is 5.15 Å². The van der Waals surface area contributed by atoms with Gasteiger partial charge in [0, 0.05) is 29.2 Å². The molecule has 0 atom stereocenters. The third-order valence-corrected chi connectivity index (χ3v) is 3.92. The van der Waals surface area contributed by atoms with E-state index in [0.717, 1.165) is 11.4 Å². The van der Waals surface area contributed by atoms with E-state index in [-0.39, 0.29) is 29.1 Å². The predicted octanol–water partition coefficient (Wildman–Crippen LogP) is 3.77. The Bertz CT molecular complexity index is 750. The highest BCUT2D eigenvalue weighted by molar-refractivity contribution is 6.32. The lowest BCUT2D eigenvalue weighted by Gasteiger charge is -2.13. The number of Topliss-reactive ketones (excluding diaryl/α,β-unsaturated/α-hetero) is 1. The first-order chi connectivity index (χ1) is 10.8. The van der Waals surface area contributed by atoms with E-state index < -0.39 is 5.97 Å². The SMILES string of the molecule is Cc1cc(C(=O)COC(=O)c2cccnc2Cl)c(C)n1C(C)C. The summed E-state index contributed by atoms with van der Waals surface area (Å²) >= 11 is 5.84. The van der Waals surface area contributed by atoms with Crippen LogP contribution in [0.25, 0.3) is 0 Å². The van der Waals surface area contributed by atoms with Crippen molar-refractivity contribution in [2.45, 2.75) is 33.7 Å². The molecule has 0 saturated heterocycles. The molecule has 0 amide bonds. The topological polar surface area (TPSA) is 61.2 Å². The number of hydrogen-bond donors (Lipinski definition) is 0. The van der Waals surface area contributed by atoms with Gasteiger partial charge in [0.1, 0.15) is 5.15 Å². The molecular weight excluding hydrogens is 316 g/mol. The summed E-state index contributed by atoms with van der Waals surface area (Å²) in [5.41, 5.74) is 2.59. The van der Waals surface area contributed by atoms with Gasteiger partial charge in [0.15, 0.2) is 6.61 Å². The lowest BCUT2D eigenvalue weighted by atomic mass is 10.1. The number of halogens is 1. The lowest BCUT2D eigenvalue weighted by molar-refractivity contribution is 0.0474. The van der Waals surface area contributed by atoms with Gasteiger partial charge >= 0.3 is 5.97 Å². The minimum atomic E-state index is -0.658. The van der Waals surface area contributed by atoms with E-state index in [0.29, 0.717) is 5.56 Å². The van der Waals surface area contributed by atoms with Gasteiger partial charge < -0.3 is 9.30 Å². The number of aryl methyl sites for hydroxylation is 1. The molecule has 0 saturated carbocycles. The zero-order valence-corrected chi connectivity index (χ0v) is 14.3. The Morgan fingerprint density at radius 3 is 2.57 bits per heavy atom. The van der Waals surface area contributed by atoms with Crippen LogP contribution < -0.4 is 0 Å². The Morgan fingerprint density at radius 1 is 1.30 bits per heavy atom. The van der Waals surface area contributed by atoms with Gasteiger partial charge in [0.25, 0.3) is 0 Å². The van der Waals surface area contributed by atoms with Crippen LogP contribution in [-0.4, -0.2) is 27.9 Å². The fraction of sp³-hybridized carbons (Fsp3) is 0.353. The van der Waals surface area contributed by atoms with Crippen molar-refractivity contribution in [3.63, 3.8) is 0 Å². The van der Waals surface area contributed by atoms with Crippen LogP contribution in [0.15, 0.2) is 24.4 Å². The molecule has 0 unspecified atom stereocenters. The predicted molar refractivity (Wildman–Crippen MR) is 88.2 cm³/mol. The normalized spacial score (nSPS) is 10.9. The summed E-state index contributed by atoms with van der Waals surface area (Å²) in [6.45, 7) is 7.62. The summed E-state index contributed by atoms with van der Waals surface area (Å²) in [6.07, 6.45) is 1.48. The second-order valence-corrected chi connectivity index (χ2v) is 5.95. The van der Waals surface area contributed by atoms with Crippen molar-refractivity contribution in [3.05, 3.63) is 52.1 Å². The molecule has 0 aliphatic heterocycles. The van der Waals surface area contributed by atoms with Gasteiger partial charge in [0.2, 0.25) is 5.78 Å². The van der Waals surface area contributed by atoms with Crippen molar-refractivity contribution in [3.8, 4) is 0 Å². The number of carbonyl (C=O) groups excluding carboxylic acids is 2. The average molecular weight is 335 g/mol. The number of rotatable bonds is 5. The van der Waals surface area contributed by atoms with Crippen LogP contribution in [0.3, 0.4) is 0 Å². The number of hydrogen-bond acceptors (Lipinski definition) is 4. The van der Waals surface area contributed by atoms with Crippen LogP contribution >= 0.6 is 11.6 Å². The van der Waals surface area contributed by atoms with Crippen molar-refractivity contribution in [2.24, 2.45) is 0 Å².